The maximum atomic E-state index is 9.62. The van der Waals surface area contributed by atoms with Crippen molar-refractivity contribution in [2.75, 3.05) is 13.6 Å². The largest absolute Gasteiger partial charge is 0.508 e. The second kappa shape index (κ2) is 6.95. The van der Waals surface area contributed by atoms with Gasteiger partial charge in [-0.3, -0.25) is 0 Å². The van der Waals surface area contributed by atoms with Crippen LogP contribution in [-0.2, 0) is 4.43 Å². The van der Waals surface area contributed by atoms with Crippen molar-refractivity contribution in [2.24, 2.45) is 0 Å². The van der Waals surface area contributed by atoms with Crippen LogP contribution in [0.1, 0.15) is 51.7 Å². The minimum absolute atomic E-state index is 0.0850. The number of nitrogens with zero attached hydrogens (tertiary/aromatic N) is 1. The molecule has 0 amide bonds. The van der Waals surface area contributed by atoms with Crippen LogP contribution in [0.5, 0.6) is 5.75 Å². The van der Waals surface area contributed by atoms with E-state index >= 15 is 0 Å². The molecule has 1 saturated heterocycles. The highest BCUT2D eigenvalue weighted by atomic mass is 28.4. The topological polar surface area (TPSA) is 32.7 Å². The van der Waals surface area contributed by atoms with Crippen LogP contribution in [0.15, 0.2) is 24.3 Å². The molecule has 3 nitrogen and oxygen atoms in total. The van der Waals surface area contributed by atoms with E-state index in [0.29, 0.717) is 11.8 Å². The van der Waals surface area contributed by atoms with Crippen LogP contribution in [0.25, 0.3) is 0 Å². The van der Waals surface area contributed by atoms with Gasteiger partial charge in [0.05, 0.1) is 6.10 Å². The molecule has 0 spiro atoms. The van der Waals surface area contributed by atoms with Gasteiger partial charge < -0.3 is 14.4 Å². The molecule has 1 aromatic carbocycles. The van der Waals surface area contributed by atoms with Gasteiger partial charge in [-0.1, -0.05) is 39.3 Å². The summed E-state index contributed by atoms with van der Waals surface area (Å²) in [6, 6.07) is 8.02. The van der Waals surface area contributed by atoms with E-state index in [9.17, 15) is 5.11 Å². The molecule has 2 atom stereocenters. The summed E-state index contributed by atoms with van der Waals surface area (Å²) in [7, 11) is 0.347. The third kappa shape index (κ3) is 4.37. The number of benzene rings is 1. The third-order valence-electron chi connectivity index (χ3n) is 5.63. The second-order valence-electron chi connectivity index (χ2n) is 8.43. The summed E-state index contributed by atoms with van der Waals surface area (Å²) in [6.45, 7) is 12.7. The van der Waals surface area contributed by atoms with E-state index in [1.807, 2.05) is 12.1 Å². The number of piperidine rings is 1. The number of likely N-dealkylation sites (tertiary alicyclic amines) is 1. The van der Waals surface area contributed by atoms with Crippen molar-refractivity contribution in [1.29, 1.82) is 0 Å². The van der Waals surface area contributed by atoms with E-state index in [1.165, 1.54) is 24.8 Å². The molecule has 23 heavy (non-hydrogen) atoms. The SMILES string of the molecule is CN1CCCC[C@H]1[C@@H](O[Si](C)(C)C(C)(C)C)c1ccc(O)cc1. The van der Waals surface area contributed by atoms with Gasteiger partial charge in [-0.15, -0.1) is 0 Å². The molecule has 4 heteroatoms. The van der Waals surface area contributed by atoms with Crippen LogP contribution >= 0.6 is 0 Å². The van der Waals surface area contributed by atoms with Crippen LogP contribution in [0.4, 0.5) is 0 Å². The fourth-order valence-corrected chi connectivity index (χ4v) is 4.29. The van der Waals surface area contributed by atoms with E-state index < -0.39 is 8.32 Å². The van der Waals surface area contributed by atoms with Crippen molar-refractivity contribution in [2.45, 2.75) is 70.3 Å². The van der Waals surface area contributed by atoms with Gasteiger partial charge in [0.15, 0.2) is 8.32 Å². The molecule has 0 radical (unpaired) electrons. The smallest absolute Gasteiger partial charge is 0.192 e. The van der Waals surface area contributed by atoms with Crippen LogP contribution in [-0.4, -0.2) is 38.0 Å². The fourth-order valence-electron chi connectivity index (χ4n) is 3.01. The molecule has 0 saturated carbocycles. The van der Waals surface area contributed by atoms with Crippen molar-refractivity contribution in [1.82, 2.24) is 4.90 Å². The molecule has 130 valence electrons. The van der Waals surface area contributed by atoms with Crippen LogP contribution in [0.2, 0.25) is 18.1 Å². The normalized spacial score (nSPS) is 22.1. The van der Waals surface area contributed by atoms with Crippen LogP contribution in [0, 0.1) is 0 Å². The van der Waals surface area contributed by atoms with Crippen molar-refractivity contribution in [3.8, 4) is 5.75 Å². The zero-order valence-electron chi connectivity index (χ0n) is 15.6. The Labute approximate surface area is 142 Å². The first-order valence-electron chi connectivity index (χ1n) is 8.79. The zero-order chi connectivity index (χ0) is 17.3. The average Bonchev–Trinajstić information content (AvgIpc) is 2.45. The Kier molecular flexibility index (Phi) is 5.59. The summed E-state index contributed by atoms with van der Waals surface area (Å²) in [6.07, 6.45) is 3.80. The standard InChI is InChI=1S/C19H33NO2Si/c1-19(2,3)23(5,6)22-18(15-10-12-16(21)13-11-15)17-9-7-8-14-20(17)4/h10-13,17-18,21H,7-9,14H2,1-6H3/t17-,18-/m0/s1. The molecule has 1 N–H and O–H groups in total. The zero-order valence-corrected chi connectivity index (χ0v) is 16.6. The van der Waals surface area contributed by atoms with Crippen molar-refractivity contribution < 1.29 is 9.53 Å². The lowest BCUT2D eigenvalue weighted by Gasteiger charge is -2.45. The molecule has 0 bridgehead atoms. The maximum absolute atomic E-state index is 9.62. The quantitative estimate of drug-likeness (QED) is 0.791. The number of aromatic hydroxyl groups is 1. The van der Waals surface area contributed by atoms with Crippen molar-refractivity contribution >= 4 is 8.32 Å². The monoisotopic (exact) mass is 335 g/mol. The predicted molar refractivity (Wildman–Crippen MR) is 99.4 cm³/mol. The summed E-state index contributed by atoms with van der Waals surface area (Å²) in [5.74, 6) is 0.317. The second-order valence-corrected chi connectivity index (χ2v) is 13.2. The van der Waals surface area contributed by atoms with Crippen LogP contribution < -0.4 is 0 Å². The molecular weight excluding hydrogens is 302 g/mol. The summed E-state index contributed by atoms with van der Waals surface area (Å²) in [4.78, 5) is 2.45. The molecule has 1 fully saturated rings. The lowest BCUT2D eigenvalue weighted by Crippen LogP contribution is -2.48. The van der Waals surface area contributed by atoms with Gasteiger partial charge >= 0.3 is 0 Å². The molecule has 1 aliphatic heterocycles. The number of hydrogen-bond acceptors (Lipinski definition) is 3. The molecule has 1 heterocycles. The lowest BCUT2D eigenvalue weighted by atomic mass is 9.93. The maximum Gasteiger partial charge on any atom is 0.192 e. The minimum Gasteiger partial charge on any atom is -0.508 e. The molecule has 2 rings (SSSR count). The van der Waals surface area contributed by atoms with Gasteiger partial charge in [0.1, 0.15) is 5.75 Å². The highest BCUT2D eigenvalue weighted by Crippen LogP contribution is 2.42. The molecule has 0 unspecified atom stereocenters. The van der Waals surface area contributed by atoms with E-state index in [4.69, 9.17) is 4.43 Å². The first-order valence-corrected chi connectivity index (χ1v) is 11.7. The first-order chi connectivity index (χ1) is 10.6. The summed E-state index contributed by atoms with van der Waals surface area (Å²) < 4.78 is 6.85. The van der Waals surface area contributed by atoms with Gasteiger partial charge in [-0.25, -0.2) is 0 Å². The fraction of sp³-hybridized carbons (Fsp3) is 0.684. The Balaban J connectivity index is 2.33. The Bertz CT molecular complexity index is 507. The molecule has 1 aromatic rings. The van der Waals surface area contributed by atoms with Gasteiger partial charge in [0.25, 0.3) is 0 Å². The molecule has 1 aliphatic rings. The predicted octanol–water partition coefficient (Wildman–Crippen LogP) is 4.94. The molecule has 0 aromatic heterocycles. The highest BCUT2D eigenvalue weighted by Gasteiger charge is 2.42. The number of phenolic OH excluding ortho intramolecular Hbond substituents is 1. The van der Waals surface area contributed by atoms with Gasteiger partial charge in [-0.2, -0.15) is 0 Å². The minimum atomic E-state index is -1.87. The lowest BCUT2D eigenvalue weighted by molar-refractivity contribution is 0.0477. The van der Waals surface area contributed by atoms with E-state index in [1.54, 1.807) is 12.1 Å². The number of rotatable bonds is 4. The van der Waals surface area contributed by atoms with Crippen molar-refractivity contribution in [3.05, 3.63) is 29.8 Å². The molecule has 0 aliphatic carbocycles. The van der Waals surface area contributed by atoms with Gasteiger partial charge in [0, 0.05) is 6.04 Å². The molecular formula is C19H33NO2Si. The van der Waals surface area contributed by atoms with Crippen molar-refractivity contribution in [3.63, 3.8) is 0 Å². The summed E-state index contributed by atoms with van der Waals surface area (Å²) in [5.41, 5.74) is 1.19. The summed E-state index contributed by atoms with van der Waals surface area (Å²) >= 11 is 0. The van der Waals surface area contributed by atoms with E-state index in [-0.39, 0.29) is 11.1 Å². The van der Waals surface area contributed by atoms with Crippen LogP contribution in [0.3, 0.4) is 0 Å². The first kappa shape index (κ1) is 18.5. The van der Waals surface area contributed by atoms with E-state index in [0.717, 1.165) is 6.54 Å². The van der Waals surface area contributed by atoms with Gasteiger partial charge in [-0.05, 0) is 62.3 Å². The van der Waals surface area contributed by atoms with E-state index in [2.05, 4.69) is 45.8 Å². The Hall–Kier alpha value is -0.843. The Morgan fingerprint density at radius 1 is 1.17 bits per heavy atom. The third-order valence-corrected chi connectivity index (χ3v) is 10.1. The van der Waals surface area contributed by atoms with Gasteiger partial charge in [0.2, 0.25) is 0 Å². The Morgan fingerprint density at radius 2 is 1.78 bits per heavy atom. The number of likely N-dealkylation sites (N-methyl/N-ethyl adjacent to an activating group) is 1. The summed E-state index contributed by atoms with van der Waals surface area (Å²) in [5, 5.41) is 9.81. The highest BCUT2D eigenvalue weighted by molar-refractivity contribution is 6.74. The number of phenols is 1. The average molecular weight is 336 g/mol. The number of hydrogen-bond donors (Lipinski definition) is 1. The Morgan fingerprint density at radius 3 is 2.30 bits per heavy atom.